The zero-order valence-corrected chi connectivity index (χ0v) is 9.21. The van der Waals surface area contributed by atoms with Crippen LogP contribution in [0.4, 0.5) is 13.2 Å². The summed E-state index contributed by atoms with van der Waals surface area (Å²) in [6.07, 6.45) is -4.82. The molecule has 0 saturated heterocycles. The summed E-state index contributed by atoms with van der Waals surface area (Å²) in [7, 11) is 1.12. The molecule has 6 heteroatoms. The van der Waals surface area contributed by atoms with Crippen molar-refractivity contribution >= 4 is 5.97 Å². The van der Waals surface area contributed by atoms with Crippen LogP contribution in [0.25, 0.3) is 0 Å². The Hall–Kier alpha value is -1.56. The molecule has 1 rings (SSSR count). The van der Waals surface area contributed by atoms with Crippen LogP contribution in [0.5, 0.6) is 0 Å². The van der Waals surface area contributed by atoms with Crippen LogP contribution in [0.15, 0.2) is 24.3 Å². The van der Waals surface area contributed by atoms with Gasteiger partial charge in [-0.15, -0.1) is 0 Å². The Morgan fingerprint density at radius 3 is 2.41 bits per heavy atom. The van der Waals surface area contributed by atoms with Gasteiger partial charge in [-0.3, -0.25) is 0 Å². The lowest BCUT2D eigenvalue weighted by Gasteiger charge is -2.26. The van der Waals surface area contributed by atoms with Gasteiger partial charge in [0.05, 0.1) is 12.7 Å². The van der Waals surface area contributed by atoms with Crippen LogP contribution in [-0.4, -0.2) is 24.4 Å². The average Bonchev–Trinajstić information content (AvgIpc) is 2.26. The van der Waals surface area contributed by atoms with Crippen molar-refractivity contribution in [1.29, 1.82) is 0 Å². The van der Waals surface area contributed by atoms with E-state index in [4.69, 9.17) is 0 Å². The Bertz CT molecular complexity index is 424. The fraction of sp³-hybridized carbons (Fsp3) is 0.364. The van der Waals surface area contributed by atoms with Gasteiger partial charge < -0.3 is 9.84 Å². The van der Waals surface area contributed by atoms with Crippen LogP contribution in [0.2, 0.25) is 0 Å². The van der Waals surface area contributed by atoms with E-state index in [9.17, 15) is 23.1 Å². The molecule has 0 aliphatic carbocycles. The van der Waals surface area contributed by atoms with E-state index in [1.165, 1.54) is 12.1 Å². The molecule has 1 N–H and O–H groups in total. The molecule has 1 atom stereocenters. The minimum atomic E-state index is -4.82. The lowest BCUT2D eigenvalue weighted by atomic mass is 9.94. The number of ether oxygens (including phenoxy) is 1. The SMILES string of the molecule is COC(=O)c1cccc(C(C)(O)C(F)(F)F)c1. The van der Waals surface area contributed by atoms with E-state index < -0.39 is 23.3 Å². The summed E-state index contributed by atoms with van der Waals surface area (Å²) in [5, 5.41) is 9.42. The number of carbonyl (C=O) groups is 1. The summed E-state index contributed by atoms with van der Waals surface area (Å²) < 4.78 is 42.1. The number of rotatable bonds is 2. The maximum atomic E-state index is 12.6. The molecular formula is C11H11F3O3. The second kappa shape index (κ2) is 4.37. The van der Waals surface area contributed by atoms with Crippen LogP contribution in [0.3, 0.4) is 0 Å². The Balaban J connectivity index is 3.21. The molecule has 17 heavy (non-hydrogen) atoms. The van der Waals surface area contributed by atoms with Crippen molar-refractivity contribution in [2.75, 3.05) is 7.11 Å². The minimum Gasteiger partial charge on any atom is -0.465 e. The highest BCUT2D eigenvalue weighted by atomic mass is 19.4. The fourth-order valence-corrected chi connectivity index (χ4v) is 1.23. The molecule has 0 aliphatic heterocycles. The van der Waals surface area contributed by atoms with Crippen molar-refractivity contribution in [3.8, 4) is 0 Å². The summed E-state index contributed by atoms with van der Waals surface area (Å²) in [5.74, 6) is -0.759. The normalized spacial score (nSPS) is 15.2. The standard InChI is InChI=1S/C11H11F3O3/c1-10(16,11(12,13)14)8-5-3-4-7(6-8)9(15)17-2/h3-6,16H,1-2H3. The second-order valence-corrected chi connectivity index (χ2v) is 3.64. The highest BCUT2D eigenvalue weighted by molar-refractivity contribution is 5.89. The topological polar surface area (TPSA) is 46.5 Å². The van der Waals surface area contributed by atoms with E-state index in [2.05, 4.69) is 4.74 Å². The molecule has 0 spiro atoms. The predicted molar refractivity (Wildman–Crippen MR) is 53.4 cm³/mol. The van der Waals surface area contributed by atoms with Crippen molar-refractivity contribution in [3.05, 3.63) is 35.4 Å². The van der Waals surface area contributed by atoms with Gasteiger partial charge in [0.2, 0.25) is 0 Å². The summed E-state index contributed by atoms with van der Waals surface area (Å²) in [5.41, 5.74) is -3.46. The predicted octanol–water partition coefficient (Wildman–Crippen LogP) is 2.24. The van der Waals surface area contributed by atoms with Crippen molar-refractivity contribution in [2.24, 2.45) is 0 Å². The Kier molecular flexibility index (Phi) is 3.47. The van der Waals surface area contributed by atoms with Crippen LogP contribution in [-0.2, 0) is 10.3 Å². The molecule has 0 fully saturated rings. The smallest absolute Gasteiger partial charge is 0.421 e. The largest absolute Gasteiger partial charge is 0.465 e. The molecule has 0 bridgehead atoms. The van der Waals surface area contributed by atoms with Crippen molar-refractivity contribution in [1.82, 2.24) is 0 Å². The van der Waals surface area contributed by atoms with Gasteiger partial charge in [-0.25, -0.2) is 4.79 Å². The van der Waals surface area contributed by atoms with E-state index in [0.29, 0.717) is 6.92 Å². The van der Waals surface area contributed by atoms with Crippen molar-refractivity contribution in [3.63, 3.8) is 0 Å². The summed E-state index contributed by atoms with van der Waals surface area (Å²) in [6, 6.07) is 4.61. The third-order valence-electron chi connectivity index (χ3n) is 2.40. The highest BCUT2D eigenvalue weighted by Gasteiger charge is 2.51. The van der Waals surface area contributed by atoms with Gasteiger partial charge in [-0.1, -0.05) is 12.1 Å². The van der Waals surface area contributed by atoms with E-state index in [1.54, 1.807) is 0 Å². The first-order chi connectivity index (χ1) is 7.70. The van der Waals surface area contributed by atoms with Crippen molar-refractivity contribution in [2.45, 2.75) is 18.7 Å². The third-order valence-corrected chi connectivity index (χ3v) is 2.40. The van der Waals surface area contributed by atoms with Gasteiger partial charge in [0.25, 0.3) is 0 Å². The van der Waals surface area contributed by atoms with Crippen LogP contribution < -0.4 is 0 Å². The maximum absolute atomic E-state index is 12.6. The van der Waals surface area contributed by atoms with Crippen LogP contribution in [0, 0.1) is 0 Å². The Morgan fingerprint density at radius 1 is 1.35 bits per heavy atom. The Morgan fingerprint density at radius 2 is 1.94 bits per heavy atom. The van der Waals surface area contributed by atoms with E-state index >= 15 is 0 Å². The molecule has 1 aromatic rings. The van der Waals surface area contributed by atoms with Crippen LogP contribution >= 0.6 is 0 Å². The van der Waals surface area contributed by atoms with E-state index in [-0.39, 0.29) is 5.56 Å². The lowest BCUT2D eigenvalue weighted by Crippen LogP contribution is -2.39. The quantitative estimate of drug-likeness (QED) is 0.816. The van der Waals surface area contributed by atoms with E-state index in [1.807, 2.05) is 0 Å². The maximum Gasteiger partial charge on any atom is 0.421 e. The molecule has 0 heterocycles. The average molecular weight is 248 g/mol. The number of benzene rings is 1. The van der Waals surface area contributed by atoms with Gasteiger partial charge in [0, 0.05) is 0 Å². The van der Waals surface area contributed by atoms with Crippen molar-refractivity contribution < 1.29 is 27.8 Å². The molecule has 3 nitrogen and oxygen atoms in total. The number of hydrogen-bond donors (Lipinski definition) is 1. The molecule has 1 unspecified atom stereocenters. The monoisotopic (exact) mass is 248 g/mol. The summed E-state index contributed by atoms with van der Waals surface area (Å²) in [6.45, 7) is 0.628. The van der Waals surface area contributed by atoms with Crippen LogP contribution in [0.1, 0.15) is 22.8 Å². The zero-order valence-electron chi connectivity index (χ0n) is 9.21. The summed E-state index contributed by atoms with van der Waals surface area (Å²) >= 11 is 0. The molecule has 0 radical (unpaired) electrons. The molecule has 0 aliphatic rings. The van der Waals surface area contributed by atoms with Gasteiger partial charge in [-0.05, 0) is 24.6 Å². The number of esters is 1. The number of alkyl halides is 3. The number of halogens is 3. The van der Waals surface area contributed by atoms with Gasteiger partial charge in [0.1, 0.15) is 0 Å². The minimum absolute atomic E-state index is 0.0467. The van der Waals surface area contributed by atoms with Gasteiger partial charge >= 0.3 is 12.1 Å². The van der Waals surface area contributed by atoms with E-state index in [0.717, 1.165) is 19.2 Å². The molecular weight excluding hydrogens is 237 g/mol. The number of methoxy groups -OCH3 is 1. The molecule has 0 amide bonds. The first-order valence-corrected chi connectivity index (χ1v) is 4.68. The molecule has 0 saturated carbocycles. The first-order valence-electron chi connectivity index (χ1n) is 4.68. The van der Waals surface area contributed by atoms with Gasteiger partial charge in [0.15, 0.2) is 5.60 Å². The second-order valence-electron chi connectivity index (χ2n) is 3.64. The highest BCUT2D eigenvalue weighted by Crippen LogP contribution is 2.38. The number of hydrogen-bond acceptors (Lipinski definition) is 3. The summed E-state index contributed by atoms with van der Waals surface area (Å²) in [4.78, 5) is 11.2. The number of carbonyl (C=O) groups excluding carboxylic acids is 1. The zero-order chi connectivity index (χ0) is 13.3. The molecule has 1 aromatic carbocycles. The third kappa shape index (κ3) is 2.58. The van der Waals surface area contributed by atoms with Gasteiger partial charge in [-0.2, -0.15) is 13.2 Å². The fourth-order valence-electron chi connectivity index (χ4n) is 1.23. The molecule has 0 aromatic heterocycles. The number of aliphatic hydroxyl groups is 1. The first kappa shape index (κ1) is 13.5. The Labute approximate surface area is 95.8 Å². The lowest BCUT2D eigenvalue weighted by molar-refractivity contribution is -0.258. The molecule has 94 valence electrons.